The molecular weight excluding hydrogens is 170 g/mol. The summed E-state index contributed by atoms with van der Waals surface area (Å²) in [6, 6.07) is 6.46. The van der Waals surface area contributed by atoms with Gasteiger partial charge in [-0.25, -0.2) is 0 Å². The maximum absolute atomic E-state index is 4.54. The molecule has 1 aromatic rings. The smallest absolute Gasteiger partial charge is 0.0689 e. The molecule has 0 radical (unpaired) electrons. The third kappa shape index (κ3) is 2.44. The molecular formula is C13H19N. The largest absolute Gasteiger partial charge is 0.261 e. The van der Waals surface area contributed by atoms with Gasteiger partial charge in [0.05, 0.1) is 5.69 Å². The van der Waals surface area contributed by atoms with Crippen LogP contribution in [0.4, 0.5) is 5.69 Å². The molecule has 0 aromatic heterocycles. The van der Waals surface area contributed by atoms with Gasteiger partial charge >= 0.3 is 0 Å². The van der Waals surface area contributed by atoms with Crippen molar-refractivity contribution < 1.29 is 0 Å². The number of aryl methyl sites for hydroxylation is 2. The summed E-state index contributed by atoms with van der Waals surface area (Å²) in [6.45, 7) is 6.48. The van der Waals surface area contributed by atoms with E-state index in [-0.39, 0.29) is 0 Å². The van der Waals surface area contributed by atoms with Crippen molar-refractivity contribution in [2.45, 2.75) is 40.0 Å². The number of hydrogen-bond donors (Lipinski definition) is 0. The second-order valence-electron chi connectivity index (χ2n) is 3.35. The molecule has 0 spiro atoms. The highest BCUT2D eigenvalue weighted by Crippen LogP contribution is 2.25. The van der Waals surface area contributed by atoms with Crippen molar-refractivity contribution in [3.63, 3.8) is 0 Å². The highest BCUT2D eigenvalue weighted by atomic mass is 14.7. The molecule has 1 aromatic carbocycles. The summed E-state index contributed by atoms with van der Waals surface area (Å²) in [5, 5.41) is 0. The zero-order valence-electron chi connectivity index (χ0n) is 9.38. The summed E-state index contributed by atoms with van der Waals surface area (Å²) in [5.41, 5.74) is 3.91. The van der Waals surface area contributed by atoms with Crippen LogP contribution in [0.3, 0.4) is 0 Å². The molecule has 0 heterocycles. The van der Waals surface area contributed by atoms with Crippen molar-refractivity contribution in [1.29, 1.82) is 0 Å². The summed E-state index contributed by atoms with van der Waals surface area (Å²) in [5.74, 6) is 0. The highest BCUT2D eigenvalue weighted by Gasteiger charge is 2.02. The maximum Gasteiger partial charge on any atom is 0.0689 e. The van der Waals surface area contributed by atoms with Crippen molar-refractivity contribution in [1.82, 2.24) is 0 Å². The van der Waals surface area contributed by atoms with Crippen LogP contribution in [0.25, 0.3) is 0 Å². The Hall–Kier alpha value is -1.11. The zero-order chi connectivity index (χ0) is 10.4. The monoisotopic (exact) mass is 189 g/mol. The average Bonchev–Trinajstić information content (AvgIpc) is 2.25. The molecule has 0 saturated carbocycles. The van der Waals surface area contributed by atoms with Crippen LogP contribution in [0.2, 0.25) is 0 Å². The Labute approximate surface area is 86.9 Å². The van der Waals surface area contributed by atoms with E-state index in [9.17, 15) is 0 Å². The van der Waals surface area contributed by atoms with E-state index < -0.39 is 0 Å². The van der Waals surface area contributed by atoms with Crippen molar-refractivity contribution in [2.75, 3.05) is 0 Å². The summed E-state index contributed by atoms with van der Waals surface area (Å²) >= 11 is 0. The van der Waals surface area contributed by atoms with Gasteiger partial charge in [-0.3, -0.25) is 4.99 Å². The SMILES string of the molecule is CCC=Nc1c(CC)cccc1CC. The molecule has 0 amide bonds. The first-order valence-corrected chi connectivity index (χ1v) is 5.46. The molecule has 76 valence electrons. The molecule has 0 fully saturated rings. The summed E-state index contributed by atoms with van der Waals surface area (Å²) in [4.78, 5) is 4.54. The fourth-order valence-corrected chi connectivity index (χ4v) is 1.56. The molecule has 0 aliphatic carbocycles. The second-order valence-corrected chi connectivity index (χ2v) is 3.35. The molecule has 0 unspecified atom stereocenters. The van der Waals surface area contributed by atoms with E-state index in [1.807, 2.05) is 6.21 Å². The fraction of sp³-hybridized carbons (Fsp3) is 0.462. The van der Waals surface area contributed by atoms with Crippen LogP contribution in [0.15, 0.2) is 23.2 Å². The Balaban J connectivity index is 3.12. The van der Waals surface area contributed by atoms with E-state index in [1.54, 1.807) is 0 Å². The molecule has 1 rings (SSSR count). The van der Waals surface area contributed by atoms with Crippen molar-refractivity contribution >= 4 is 11.9 Å². The Bertz CT molecular complexity index is 291. The van der Waals surface area contributed by atoms with Gasteiger partial charge in [-0.05, 0) is 30.4 Å². The van der Waals surface area contributed by atoms with Gasteiger partial charge in [0, 0.05) is 6.21 Å². The van der Waals surface area contributed by atoms with Crippen LogP contribution in [0.1, 0.15) is 38.3 Å². The lowest BCUT2D eigenvalue weighted by Gasteiger charge is -2.07. The lowest BCUT2D eigenvalue weighted by Crippen LogP contribution is -1.88. The normalized spacial score (nSPS) is 11.1. The molecule has 14 heavy (non-hydrogen) atoms. The molecule has 0 saturated heterocycles. The van der Waals surface area contributed by atoms with Crippen LogP contribution in [0, 0.1) is 0 Å². The number of hydrogen-bond acceptors (Lipinski definition) is 1. The molecule has 1 nitrogen and oxygen atoms in total. The van der Waals surface area contributed by atoms with E-state index in [0.29, 0.717) is 0 Å². The van der Waals surface area contributed by atoms with Crippen LogP contribution in [-0.2, 0) is 12.8 Å². The number of rotatable bonds is 4. The van der Waals surface area contributed by atoms with Gasteiger partial charge in [0.15, 0.2) is 0 Å². The van der Waals surface area contributed by atoms with E-state index in [4.69, 9.17) is 0 Å². The van der Waals surface area contributed by atoms with E-state index in [2.05, 4.69) is 44.0 Å². The van der Waals surface area contributed by atoms with E-state index in [1.165, 1.54) is 16.8 Å². The van der Waals surface area contributed by atoms with E-state index >= 15 is 0 Å². The van der Waals surface area contributed by atoms with Crippen LogP contribution < -0.4 is 0 Å². The van der Waals surface area contributed by atoms with E-state index in [0.717, 1.165) is 19.3 Å². The molecule has 0 N–H and O–H groups in total. The van der Waals surface area contributed by atoms with Gasteiger partial charge < -0.3 is 0 Å². The first-order valence-electron chi connectivity index (χ1n) is 5.46. The van der Waals surface area contributed by atoms with Gasteiger partial charge in [-0.15, -0.1) is 0 Å². The van der Waals surface area contributed by atoms with Gasteiger partial charge in [0.2, 0.25) is 0 Å². The Morgan fingerprint density at radius 2 is 1.64 bits per heavy atom. The Kier molecular flexibility index (Phi) is 4.37. The molecule has 0 atom stereocenters. The molecule has 0 bridgehead atoms. The summed E-state index contributed by atoms with van der Waals surface area (Å²) in [6.07, 6.45) is 5.11. The van der Waals surface area contributed by atoms with Gasteiger partial charge in [0.25, 0.3) is 0 Å². The number of para-hydroxylation sites is 1. The van der Waals surface area contributed by atoms with Crippen LogP contribution in [-0.4, -0.2) is 6.21 Å². The van der Waals surface area contributed by atoms with Gasteiger partial charge in [-0.1, -0.05) is 39.0 Å². The summed E-state index contributed by atoms with van der Waals surface area (Å²) < 4.78 is 0. The molecule has 0 aliphatic rings. The Morgan fingerprint density at radius 1 is 1.07 bits per heavy atom. The second kappa shape index (κ2) is 5.58. The third-order valence-electron chi connectivity index (χ3n) is 2.37. The predicted octanol–water partition coefficient (Wildman–Crippen LogP) is 3.92. The lowest BCUT2D eigenvalue weighted by atomic mass is 10.0. The number of benzene rings is 1. The lowest BCUT2D eigenvalue weighted by molar-refractivity contribution is 1.08. The Morgan fingerprint density at radius 3 is 2.07 bits per heavy atom. The van der Waals surface area contributed by atoms with Gasteiger partial charge in [0.1, 0.15) is 0 Å². The van der Waals surface area contributed by atoms with Crippen molar-refractivity contribution in [2.24, 2.45) is 4.99 Å². The first kappa shape index (κ1) is 11.0. The topological polar surface area (TPSA) is 12.4 Å². The predicted molar refractivity (Wildman–Crippen MR) is 63.6 cm³/mol. The third-order valence-corrected chi connectivity index (χ3v) is 2.37. The minimum Gasteiger partial charge on any atom is -0.261 e. The zero-order valence-corrected chi connectivity index (χ0v) is 9.38. The van der Waals surface area contributed by atoms with Gasteiger partial charge in [-0.2, -0.15) is 0 Å². The molecule has 1 heteroatoms. The van der Waals surface area contributed by atoms with Crippen molar-refractivity contribution in [3.8, 4) is 0 Å². The summed E-state index contributed by atoms with van der Waals surface area (Å²) in [7, 11) is 0. The van der Waals surface area contributed by atoms with Crippen LogP contribution >= 0.6 is 0 Å². The first-order chi connectivity index (χ1) is 6.83. The molecule has 0 aliphatic heterocycles. The number of nitrogens with zero attached hydrogens (tertiary/aromatic N) is 1. The minimum atomic E-state index is 1.00. The van der Waals surface area contributed by atoms with Crippen LogP contribution in [0.5, 0.6) is 0 Å². The number of aliphatic imine (C=N–C) groups is 1. The average molecular weight is 189 g/mol. The highest BCUT2D eigenvalue weighted by molar-refractivity contribution is 5.66. The standard InChI is InChI=1S/C13H19N/c1-4-10-14-13-11(5-2)8-7-9-12(13)6-3/h7-10H,4-6H2,1-3H3. The quantitative estimate of drug-likeness (QED) is 0.636. The maximum atomic E-state index is 4.54. The van der Waals surface area contributed by atoms with Crippen molar-refractivity contribution in [3.05, 3.63) is 29.3 Å². The fourth-order valence-electron chi connectivity index (χ4n) is 1.56. The minimum absolute atomic E-state index is 1.00.